The Kier molecular flexibility index (Phi) is 6.87. The van der Waals surface area contributed by atoms with Gasteiger partial charge in [0.25, 0.3) is 0 Å². The molecule has 0 bridgehead atoms. The van der Waals surface area contributed by atoms with Gasteiger partial charge in [-0.2, -0.15) is 0 Å². The molecule has 1 heterocycles. The largest absolute Gasteiger partial charge is 0.497 e. The number of rotatable bonds is 7. The number of nitrogens with zero attached hydrogens (tertiary/aromatic N) is 1. The van der Waals surface area contributed by atoms with Crippen LogP contribution in [-0.4, -0.2) is 45.9 Å². The van der Waals surface area contributed by atoms with Gasteiger partial charge in [-0.05, 0) is 48.7 Å². The minimum Gasteiger partial charge on any atom is -0.497 e. The minimum atomic E-state index is -0.140. The van der Waals surface area contributed by atoms with Crippen molar-refractivity contribution in [3.63, 3.8) is 0 Å². The quantitative estimate of drug-likeness (QED) is 0.743. The van der Waals surface area contributed by atoms with Gasteiger partial charge in [-0.3, -0.25) is 0 Å². The first kappa shape index (κ1) is 20.1. The van der Waals surface area contributed by atoms with Crippen LogP contribution in [0, 0.1) is 0 Å². The van der Waals surface area contributed by atoms with Crippen molar-refractivity contribution in [3.05, 3.63) is 53.1 Å². The number of benzene rings is 2. The summed E-state index contributed by atoms with van der Waals surface area (Å²) in [5, 5.41) is 6.65. The molecule has 1 unspecified atom stereocenters. The Morgan fingerprint density at radius 3 is 2.68 bits per heavy atom. The first-order chi connectivity index (χ1) is 13.6. The van der Waals surface area contributed by atoms with Gasteiger partial charge in [0.2, 0.25) is 0 Å². The Morgan fingerprint density at radius 2 is 1.96 bits per heavy atom. The van der Waals surface area contributed by atoms with Crippen LogP contribution in [0.1, 0.15) is 12.0 Å². The summed E-state index contributed by atoms with van der Waals surface area (Å²) in [5.74, 6) is 1.62. The van der Waals surface area contributed by atoms with Gasteiger partial charge in [-0.15, -0.1) is 0 Å². The zero-order chi connectivity index (χ0) is 19.9. The van der Waals surface area contributed by atoms with Gasteiger partial charge in [0.05, 0.1) is 19.9 Å². The van der Waals surface area contributed by atoms with Crippen LogP contribution >= 0.6 is 11.6 Å². The Bertz CT molecular complexity index is 798. The van der Waals surface area contributed by atoms with Crippen LogP contribution < -0.4 is 25.0 Å². The second-order valence-corrected chi connectivity index (χ2v) is 7.18. The van der Waals surface area contributed by atoms with Crippen molar-refractivity contribution in [3.8, 4) is 11.5 Å². The molecule has 28 heavy (non-hydrogen) atoms. The van der Waals surface area contributed by atoms with E-state index in [1.54, 1.807) is 14.2 Å². The number of nitrogens with one attached hydrogen (secondary N) is 2. The molecule has 0 radical (unpaired) electrons. The van der Waals surface area contributed by atoms with Crippen LogP contribution in [0.25, 0.3) is 0 Å². The zero-order valence-electron chi connectivity index (χ0n) is 16.2. The number of carbonyl (C=O) groups excluding carboxylic acids is 1. The average Bonchev–Trinajstić information content (AvgIpc) is 3.16. The molecule has 2 amide bonds. The average molecular weight is 404 g/mol. The molecule has 3 rings (SSSR count). The molecule has 1 aliphatic rings. The maximum atomic E-state index is 12.2. The van der Waals surface area contributed by atoms with Gasteiger partial charge < -0.3 is 25.0 Å². The fraction of sp³-hybridized carbons (Fsp3) is 0.381. The van der Waals surface area contributed by atoms with Crippen molar-refractivity contribution in [2.45, 2.75) is 18.9 Å². The lowest BCUT2D eigenvalue weighted by atomic mass is 10.1. The number of carbonyl (C=O) groups is 1. The molecule has 6 nitrogen and oxygen atoms in total. The van der Waals surface area contributed by atoms with Gasteiger partial charge in [0.15, 0.2) is 0 Å². The van der Waals surface area contributed by atoms with E-state index in [1.165, 1.54) is 0 Å². The molecular formula is C21H26ClN3O3. The van der Waals surface area contributed by atoms with Crippen molar-refractivity contribution in [2.75, 3.05) is 38.8 Å². The molecule has 0 spiro atoms. The third-order valence-electron chi connectivity index (χ3n) is 4.86. The fourth-order valence-electron chi connectivity index (χ4n) is 3.36. The van der Waals surface area contributed by atoms with E-state index in [0.29, 0.717) is 11.6 Å². The van der Waals surface area contributed by atoms with Crippen LogP contribution in [-0.2, 0) is 6.42 Å². The van der Waals surface area contributed by atoms with Crippen molar-refractivity contribution in [1.29, 1.82) is 0 Å². The minimum absolute atomic E-state index is 0.0877. The van der Waals surface area contributed by atoms with Gasteiger partial charge in [-0.25, -0.2) is 4.79 Å². The number of ether oxygens (including phenoxy) is 2. The molecule has 2 aromatic carbocycles. The Balaban J connectivity index is 1.44. The molecule has 2 N–H and O–H groups in total. The highest BCUT2D eigenvalue weighted by Crippen LogP contribution is 2.33. The predicted octanol–water partition coefficient (Wildman–Crippen LogP) is 3.48. The molecular weight excluding hydrogens is 378 g/mol. The molecule has 0 aliphatic carbocycles. The van der Waals surface area contributed by atoms with E-state index in [2.05, 4.69) is 15.5 Å². The molecule has 0 saturated carbocycles. The monoisotopic (exact) mass is 403 g/mol. The van der Waals surface area contributed by atoms with Crippen LogP contribution in [0.5, 0.6) is 11.5 Å². The van der Waals surface area contributed by atoms with Crippen molar-refractivity contribution in [1.82, 2.24) is 10.6 Å². The van der Waals surface area contributed by atoms with E-state index in [9.17, 15) is 4.79 Å². The summed E-state index contributed by atoms with van der Waals surface area (Å²) in [6, 6.07) is 13.4. The smallest absolute Gasteiger partial charge is 0.315 e. The lowest BCUT2D eigenvalue weighted by Gasteiger charge is -2.22. The maximum absolute atomic E-state index is 12.2. The molecule has 2 aromatic rings. The summed E-state index contributed by atoms with van der Waals surface area (Å²) in [5.41, 5.74) is 2.11. The normalized spacial score (nSPS) is 16.0. The first-order valence-electron chi connectivity index (χ1n) is 9.35. The summed E-state index contributed by atoms with van der Waals surface area (Å²) in [6.07, 6.45) is 1.65. The highest BCUT2D eigenvalue weighted by molar-refractivity contribution is 6.30. The molecule has 1 fully saturated rings. The number of urea groups is 1. The van der Waals surface area contributed by atoms with E-state index in [1.807, 2.05) is 42.5 Å². The Morgan fingerprint density at radius 1 is 1.18 bits per heavy atom. The third-order valence-corrected chi connectivity index (χ3v) is 5.10. The Labute approximate surface area is 170 Å². The van der Waals surface area contributed by atoms with E-state index >= 15 is 0 Å². The second kappa shape index (κ2) is 9.55. The zero-order valence-corrected chi connectivity index (χ0v) is 17.0. The van der Waals surface area contributed by atoms with Crippen LogP contribution in [0.4, 0.5) is 10.5 Å². The Hall–Kier alpha value is -2.60. The van der Waals surface area contributed by atoms with Crippen molar-refractivity contribution in [2.24, 2.45) is 0 Å². The van der Waals surface area contributed by atoms with E-state index in [-0.39, 0.29) is 12.1 Å². The third kappa shape index (κ3) is 5.23. The summed E-state index contributed by atoms with van der Waals surface area (Å²) in [6.45, 7) is 2.15. The fourth-order valence-corrected chi connectivity index (χ4v) is 3.52. The summed E-state index contributed by atoms with van der Waals surface area (Å²) in [7, 11) is 3.29. The summed E-state index contributed by atoms with van der Waals surface area (Å²) in [4.78, 5) is 14.4. The second-order valence-electron chi connectivity index (χ2n) is 6.75. The van der Waals surface area contributed by atoms with E-state index in [0.717, 1.165) is 48.7 Å². The van der Waals surface area contributed by atoms with Gasteiger partial charge >= 0.3 is 6.03 Å². The van der Waals surface area contributed by atoms with Gasteiger partial charge in [0.1, 0.15) is 11.5 Å². The topological polar surface area (TPSA) is 62.8 Å². The highest BCUT2D eigenvalue weighted by atomic mass is 35.5. The molecule has 150 valence electrons. The molecule has 0 aromatic heterocycles. The van der Waals surface area contributed by atoms with Gasteiger partial charge in [-0.1, -0.05) is 23.7 Å². The number of anilines is 1. The number of halogens is 1. The van der Waals surface area contributed by atoms with E-state index in [4.69, 9.17) is 21.1 Å². The number of hydrogen-bond acceptors (Lipinski definition) is 4. The lowest BCUT2D eigenvalue weighted by Crippen LogP contribution is -2.44. The molecule has 1 saturated heterocycles. The molecule has 7 heteroatoms. The molecule has 1 aliphatic heterocycles. The lowest BCUT2D eigenvalue weighted by molar-refractivity contribution is 0.238. The highest BCUT2D eigenvalue weighted by Gasteiger charge is 2.26. The van der Waals surface area contributed by atoms with Gasteiger partial charge in [0, 0.05) is 30.7 Å². The molecule has 1 atom stereocenters. The first-order valence-corrected chi connectivity index (χ1v) is 9.72. The number of hydrogen-bond donors (Lipinski definition) is 2. The maximum Gasteiger partial charge on any atom is 0.315 e. The SMILES string of the molecule is COc1ccc(CCNC(=O)NC2CCN(c3cc(Cl)ccc3OC)C2)cc1. The van der Waals surface area contributed by atoms with Crippen LogP contribution in [0.15, 0.2) is 42.5 Å². The predicted molar refractivity (Wildman–Crippen MR) is 112 cm³/mol. The van der Waals surface area contributed by atoms with Crippen LogP contribution in [0.2, 0.25) is 5.02 Å². The standard InChI is InChI=1S/C21H26ClN3O3/c1-27-18-6-3-15(4-7-18)9-11-23-21(26)24-17-10-12-25(14-17)19-13-16(22)5-8-20(19)28-2/h3-8,13,17H,9-12,14H2,1-2H3,(H2,23,24,26). The van der Waals surface area contributed by atoms with Crippen molar-refractivity contribution >= 4 is 23.3 Å². The van der Waals surface area contributed by atoms with Crippen LogP contribution in [0.3, 0.4) is 0 Å². The number of amides is 2. The summed E-state index contributed by atoms with van der Waals surface area (Å²) >= 11 is 6.13. The van der Waals surface area contributed by atoms with E-state index < -0.39 is 0 Å². The summed E-state index contributed by atoms with van der Waals surface area (Å²) < 4.78 is 10.6. The van der Waals surface area contributed by atoms with Crippen molar-refractivity contribution < 1.29 is 14.3 Å². The number of methoxy groups -OCH3 is 2.